The number of aryl methyl sites for hydroxylation is 1. The molecule has 0 amide bonds. The predicted octanol–water partition coefficient (Wildman–Crippen LogP) is 5.19. The third kappa shape index (κ3) is 4.09. The molecule has 0 N–H and O–H groups in total. The minimum absolute atomic E-state index is 0. The van der Waals surface area contributed by atoms with Crippen molar-refractivity contribution in [3.63, 3.8) is 0 Å². The zero-order chi connectivity index (χ0) is 18.5. The van der Waals surface area contributed by atoms with Crippen LogP contribution in [0.3, 0.4) is 0 Å². The van der Waals surface area contributed by atoms with Gasteiger partial charge in [-0.25, -0.2) is 0 Å². The van der Waals surface area contributed by atoms with Crippen molar-refractivity contribution < 1.29 is 0 Å². The van der Waals surface area contributed by atoms with Crippen molar-refractivity contribution in [3.8, 4) is 0 Å². The molecule has 4 rings (SSSR count). The van der Waals surface area contributed by atoms with E-state index >= 15 is 0 Å². The van der Waals surface area contributed by atoms with Crippen LogP contribution in [-0.4, -0.2) is 4.98 Å². The Labute approximate surface area is 178 Å². The predicted molar refractivity (Wildman–Crippen MR) is 130 cm³/mol. The van der Waals surface area contributed by atoms with Crippen LogP contribution in [0.2, 0.25) is 0 Å². The van der Waals surface area contributed by atoms with Crippen LogP contribution < -0.4 is 15.9 Å². The first-order valence-corrected chi connectivity index (χ1v) is 11.6. The van der Waals surface area contributed by atoms with E-state index in [1.807, 2.05) is 0 Å². The molecule has 0 radical (unpaired) electrons. The molecule has 0 fully saturated rings. The van der Waals surface area contributed by atoms with Gasteiger partial charge in [-0.15, -0.1) is 17.0 Å². The third-order valence-corrected chi connectivity index (χ3v) is 10.0. The number of benzene rings is 3. The van der Waals surface area contributed by atoms with Crippen molar-refractivity contribution in [1.82, 2.24) is 4.98 Å². The quantitative estimate of drug-likeness (QED) is 0.381. The van der Waals surface area contributed by atoms with E-state index in [4.69, 9.17) is 4.98 Å². The van der Waals surface area contributed by atoms with Crippen LogP contribution >= 0.6 is 24.2 Å². The molecule has 0 bridgehead atoms. The van der Waals surface area contributed by atoms with Gasteiger partial charge in [-0.2, -0.15) is 0 Å². The first-order chi connectivity index (χ1) is 13.3. The van der Waals surface area contributed by atoms with E-state index < -0.39 is 7.26 Å². The fourth-order valence-corrected chi connectivity index (χ4v) is 8.58. The average Bonchev–Trinajstić information content (AvgIpc) is 2.74. The molecular weight excluding hydrogens is 425 g/mol. The monoisotopic (exact) mass is 449 g/mol. The van der Waals surface area contributed by atoms with E-state index in [0.29, 0.717) is 0 Å². The van der Waals surface area contributed by atoms with E-state index in [0.717, 1.165) is 11.9 Å². The molecule has 0 atom stereocenters. The second-order valence-electron chi connectivity index (χ2n) is 6.95. The molecule has 0 spiro atoms. The summed E-state index contributed by atoms with van der Waals surface area (Å²) in [6.07, 6.45) is 0.951. The molecule has 0 aliphatic carbocycles. The Morgan fingerprint density at radius 2 is 1.00 bits per heavy atom. The normalized spacial score (nSPS) is 11.5. The van der Waals surface area contributed by atoms with Gasteiger partial charge in [0.15, 0.2) is 0 Å². The van der Waals surface area contributed by atoms with Crippen LogP contribution in [-0.2, 0) is 6.16 Å². The van der Waals surface area contributed by atoms with Crippen molar-refractivity contribution in [3.05, 3.63) is 121 Å². The molecule has 1 aromatic heterocycles. The Balaban J connectivity index is 0.00000225. The van der Waals surface area contributed by atoms with Crippen molar-refractivity contribution in [2.45, 2.75) is 13.1 Å². The fourth-order valence-electron chi connectivity index (χ4n) is 3.94. The summed E-state index contributed by atoms with van der Waals surface area (Å²) in [6.45, 7) is 2.07. The molecule has 0 aliphatic rings. The number of halogens is 1. The fraction of sp³-hybridized carbons (Fsp3) is 0.0800. The number of hydrogen-bond donors (Lipinski definition) is 0. The minimum atomic E-state index is -2.25. The van der Waals surface area contributed by atoms with Crippen molar-refractivity contribution >= 4 is 40.2 Å². The second kappa shape index (κ2) is 9.28. The van der Waals surface area contributed by atoms with Gasteiger partial charge in [-0.05, 0) is 0 Å². The summed E-state index contributed by atoms with van der Waals surface area (Å²) >= 11 is 0. The van der Waals surface area contributed by atoms with E-state index in [-0.39, 0.29) is 17.0 Å². The average molecular weight is 450 g/mol. The molecule has 3 heteroatoms. The molecular formula is C25H25BrNP. The summed E-state index contributed by atoms with van der Waals surface area (Å²) in [5.74, 6) is 0. The second-order valence-corrected chi connectivity index (χ2v) is 10.8. The summed E-state index contributed by atoms with van der Waals surface area (Å²) in [5, 5.41) is 4.27. The molecule has 0 saturated heterocycles. The SMILES string of the molecule is Br.Cc1cccc(C[PH](c2ccccc2)(c2ccccc2)c2ccccc2)n1. The topological polar surface area (TPSA) is 12.9 Å². The standard InChI is InChI=1S/C25H24NP.BrH/c1-21-12-11-13-22(26-21)20-27(23-14-5-2-6-15-23,24-16-7-3-8-17-24)25-18-9-4-10-19-25;/h2-19,27H,20H2,1H3;1H. The van der Waals surface area contributed by atoms with Gasteiger partial charge in [0.2, 0.25) is 0 Å². The van der Waals surface area contributed by atoms with Gasteiger partial charge in [0.25, 0.3) is 0 Å². The van der Waals surface area contributed by atoms with Crippen molar-refractivity contribution in [1.29, 1.82) is 0 Å². The molecule has 0 saturated carbocycles. The van der Waals surface area contributed by atoms with Gasteiger partial charge in [0, 0.05) is 0 Å². The van der Waals surface area contributed by atoms with E-state index in [9.17, 15) is 0 Å². The summed E-state index contributed by atoms with van der Waals surface area (Å²) < 4.78 is 0. The van der Waals surface area contributed by atoms with Crippen LogP contribution in [0, 0.1) is 6.92 Å². The van der Waals surface area contributed by atoms with Gasteiger partial charge in [-0.1, -0.05) is 0 Å². The number of nitrogens with zero attached hydrogens (tertiary/aromatic N) is 1. The van der Waals surface area contributed by atoms with Crippen LogP contribution in [0.25, 0.3) is 0 Å². The Morgan fingerprint density at radius 3 is 1.39 bits per heavy atom. The molecule has 1 heterocycles. The summed E-state index contributed by atoms with van der Waals surface area (Å²) in [5.41, 5.74) is 2.24. The summed E-state index contributed by atoms with van der Waals surface area (Å²) in [4.78, 5) is 4.87. The van der Waals surface area contributed by atoms with Gasteiger partial charge in [0.1, 0.15) is 0 Å². The number of rotatable bonds is 5. The molecule has 142 valence electrons. The molecule has 3 aromatic carbocycles. The van der Waals surface area contributed by atoms with Crippen LogP contribution in [0.1, 0.15) is 11.4 Å². The van der Waals surface area contributed by atoms with E-state index in [1.54, 1.807) is 0 Å². The molecule has 1 nitrogen and oxygen atoms in total. The molecule has 0 aliphatic heterocycles. The first-order valence-electron chi connectivity index (χ1n) is 9.38. The van der Waals surface area contributed by atoms with Gasteiger partial charge >= 0.3 is 162 Å². The zero-order valence-corrected chi connectivity index (χ0v) is 18.7. The molecule has 28 heavy (non-hydrogen) atoms. The molecule has 0 unspecified atom stereocenters. The summed E-state index contributed by atoms with van der Waals surface area (Å²) in [6, 6.07) is 39.4. The summed E-state index contributed by atoms with van der Waals surface area (Å²) in [7, 11) is -2.25. The number of aromatic nitrogens is 1. The zero-order valence-electron chi connectivity index (χ0n) is 16.0. The number of pyridine rings is 1. The third-order valence-electron chi connectivity index (χ3n) is 5.19. The van der Waals surface area contributed by atoms with Crippen LogP contribution in [0.5, 0.6) is 0 Å². The van der Waals surface area contributed by atoms with Crippen molar-refractivity contribution in [2.75, 3.05) is 0 Å². The van der Waals surface area contributed by atoms with E-state index in [1.165, 1.54) is 21.6 Å². The van der Waals surface area contributed by atoms with Crippen LogP contribution in [0.15, 0.2) is 109 Å². The Hall–Kier alpha value is -2.28. The Morgan fingerprint density at radius 1 is 0.571 bits per heavy atom. The van der Waals surface area contributed by atoms with Gasteiger partial charge in [0.05, 0.1) is 0 Å². The maximum absolute atomic E-state index is 4.87. The Kier molecular flexibility index (Phi) is 6.78. The molecule has 4 aromatic rings. The first kappa shape index (κ1) is 20.5. The van der Waals surface area contributed by atoms with Crippen LogP contribution in [0.4, 0.5) is 0 Å². The van der Waals surface area contributed by atoms with Gasteiger partial charge in [-0.3, -0.25) is 0 Å². The van der Waals surface area contributed by atoms with Gasteiger partial charge < -0.3 is 0 Å². The number of hydrogen-bond acceptors (Lipinski definition) is 1. The Bertz CT molecular complexity index is 907. The maximum atomic E-state index is 4.87. The van der Waals surface area contributed by atoms with Crippen molar-refractivity contribution in [2.24, 2.45) is 0 Å². The van der Waals surface area contributed by atoms with E-state index in [2.05, 4.69) is 116 Å².